The molecule has 1 aromatic rings. The molecule has 0 fully saturated rings. The van der Waals surface area contributed by atoms with E-state index in [4.69, 9.17) is 0 Å². The van der Waals surface area contributed by atoms with Crippen LogP contribution in [0.2, 0.25) is 0 Å². The van der Waals surface area contributed by atoms with E-state index in [9.17, 15) is 4.39 Å². The Bertz CT molecular complexity index is 333. The molecule has 1 aromatic carbocycles. The van der Waals surface area contributed by atoms with Gasteiger partial charge >= 0.3 is 0 Å². The van der Waals surface area contributed by atoms with Gasteiger partial charge in [0, 0.05) is 24.7 Å². The molecule has 76 valence electrons. The fourth-order valence-electron chi connectivity index (χ4n) is 2.00. The second kappa shape index (κ2) is 3.70. The van der Waals surface area contributed by atoms with Gasteiger partial charge in [0.2, 0.25) is 0 Å². The molecule has 14 heavy (non-hydrogen) atoms. The Balaban J connectivity index is 2.29. The standard InChI is InChI=1S/C12H16FN/c1-9(2)14-7-6-10-4-3-5-12(13)11(10)8-14/h3-5,9H,6-8H2,1-2H3. The topological polar surface area (TPSA) is 3.24 Å². The van der Waals surface area contributed by atoms with Crippen LogP contribution in [0.25, 0.3) is 0 Å². The lowest BCUT2D eigenvalue weighted by atomic mass is 9.98. The molecule has 1 aliphatic heterocycles. The maximum atomic E-state index is 13.5. The van der Waals surface area contributed by atoms with E-state index in [1.54, 1.807) is 12.1 Å². The van der Waals surface area contributed by atoms with E-state index in [1.807, 2.05) is 6.07 Å². The lowest BCUT2D eigenvalue weighted by molar-refractivity contribution is 0.200. The van der Waals surface area contributed by atoms with E-state index in [-0.39, 0.29) is 5.82 Å². The van der Waals surface area contributed by atoms with E-state index in [2.05, 4.69) is 18.7 Å². The van der Waals surface area contributed by atoms with Crippen LogP contribution < -0.4 is 0 Å². The van der Waals surface area contributed by atoms with Gasteiger partial charge in [-0.2, -0.15) is 0 Å². The first kappa shape index (κ1) is 9.66. The van der Waals surface area contributed by atoms with Crippen LogP contribution in [0.15, 0.2) is 18.2 Å². The SMILES string of the molecule is CC(C)N1CCc2cccc(F)c2C1. The van der Waals surface area contributed by atoms with Gasteiger partial charge in [-0.3, -0.25) is 4.90 Å². The van der Waals surface area contributed by atoms with Gasteiger partial charge < -0.3 is 0 Å². The average molecular weight is 193 g/mol. The molecule has 0 aromatic heterocycles. The first-order valence-corrected chi connectivity index (χ1v) is 5.19. The molecule has 0 saturated heterocycles. The highest BCUT2D eigenvalue weighted by molar-refractivity contribution is 5.30. The largest absolute Gasteiger partial charge is 0.296 e. The highest BCUT2D eigenvalue weighted by Crippen LogP contribution is 2.22. The second-order valence-electron chi connectivity index (χ2n) is 4.19. The lowest BCUT2D eigenvalue weighted by Crippen LogP contribution is -2.36. The molecule has 0 aliphatic carbocycles. The van der Waals surface area contributed by atoms with E-state index in [1.165, 1.54) is 5.56 Å². The number of rotatable bonds is 1. The van der Waals surface area contributed by atoms with Crippen LogP contribution in [0.1, 0.15) is 25.0 Å². The summed E-state index contributed by atoms with van der Waals surface area (Å²) in [5.41, 5.74) is 2.08. The number of halogens is 1. The molecule has 1 heterocycles. The van der Waals surface area contributed by atoms with E-state index < -0.39 is 0 Å². The van der Waals surface area contributed by atoms with E-state index in [0.29, 0.717) is 6.04 Å². The van der Waals surface area contributed by atoms with E-state index in [0.717, 1.165) is 25.1 Å². The number of hydrogen-bond acceptors (Lipinski definition) is 1. The summed E-state index contributed by atoms with van der Waals surface area (Å²) in [5.74, 6) is -0.0483. The Morgan fingerprint density at radius 1 is 1.36 bits per heavy atom. The minimum atomic E-state index is -0.0483. The van der Waals surface area contributed by atoms with Gasteiger partial charge in [0.15, 0.2) is 0 Å². The van der Waals surface area contributed by atoms with Crippen molar-refractivity contribution in [2.45, 2.75) is 32.9 Å². The summed E-state index contributed by atoms with van der Waals surface area (Å²) in [6.45, 7) is 6.13. The maximum Gasteiger partial charge on any atom is 0.127 e. The van der Waals surface area contributed by atoms with Crippen molar-refractivity contribution in [3.63, 3.8) is 0 Å². The number of hydrogen-bond donors (Lipinski definition) is 0. The first-order chi connectivity index (χ1) is 6.68. The van der Waals surface area contributed by atoms with Crippen LogP contribution in [-0.4, -0.2) is 17.5 Å². The highest BCUT2D eigenvalue weighted by atomic mass is 19.1. The summed E-state index contributed by atoms with van der Waals surface area (Å²) in [6, 6.07) is 5.90. The van der Waals surface area contributed by atoms with Gasteiger partial charge in [0.25, 0.3) is 0 Å². The molecule has 0 spiro atoms. The summed E-state index contributed by atoms with van der Waals surface area (Å²) < 4.78 is 13.5. The molecule has 0 bridgehead atoms. The van der Waals surface area contributed by atoms with Gasteiger partial charge in [0.05, 0.1) is 0 Å². The molecular formula is C12H16FN. The zero-order chi connectivity index (χ0) is 10.1. The summed E-state index contributed by atoms with van der Waals surface area (Å²) in [6.07, 6.45) is 0.977. The molecule has 0 atom stereocenters. The van der Waals surface area contributed by atoms with Crippen molar-refractivity contribution >= 4 is 0 Å². The summed E-state index contributed by atoms with van der Waals surface area (Å²) >= 11 is 0. The van der Waals surface area contributed by atoms with Gasteiger partial charge in [-0.05, 0) is 31.9 Å². The van der Waals surface area contributed by atoms with Crippen LogP contribution in [0.3, 0.4) is 0 Å². The molecule has 0 N–H and O–H groups in total. The third-order valence-electron chi connectivity index (χ3n) is 2.98. The number of benzene rings is 1. The Morgan fingerprint density at radius 2 is 2.14 bits per heavy atom. The second-order valence-corrected chi connectivity index (χ2v) is 4.19. The van der Waals surface area contributed by atoms with Gasteiger partial charge in [-0.1, -0.05) is 12.1 Å². The fourth-order valence-corrected chi connectivity index (χ4v) is 2.00. The molecule has 2 heteroatoms. The van der Waals surface area contributed by atoms with Crippen molar-refractivity contribution in [3.05, 3.63) is 35.1 Å². The maximum absolute atomic E-state index is 13.5. The Hall–Kier alpha value is -0.890. The smallest absolute Gasteiger partial charge is 0.127 e. The highest BCUT2D eigenvalue weighted by Gasteiger charge is 2.20. The monoisotopic (exact) mass is 193 g/mol. The van der Waals surface area contributed by atoms with Crippen LogP contribution in [-0.2, 0) is 13.0 Å². The van der Waals surface area contributed by atoms with Crippen molar-refractivity contribution in [2.24, 2.45) is 0 Å². The quantitative estimate of drug-likeness (QED) is 0.662. The van der Waals surface area contributed by atoms with Crippen molar-refractivity contribution in [2.75, 3.05) is 6.54 Å². The van der Waals surface area contributed by atoms with Crippen LogP contribution in [0, 0.1) is 5.82 Å². The predicted octanol–water partition coefficient (Wildman–Crippen LogP) is 2.59. The minimum Gasteiger partial charge on any atom is -0.296 e. The summed E-state index contributed by atoms with van der Waals surface area (Å²) in [5, 5.41) is 0. The summed E-state index contributed by atoms with van der Waals surface area (Å²) in [7, 11) is 0. The molecule has 1 nitrogen and oxygen atoms in total. The lowest BCUT2D eigenvalue weighted by Gasteiger charge is -2.31. The molecule has 2 rings (SSSR count). The van der Waals surface area contributed by atoms with Gasteiger partial charge in [0.1, 0.15) is 5.82 Å². The fraction of sp³-hybridized carbons (Fsp3) is 0.500. The number of nitrogens with zero attached hydrogens (tertiary/aromatic N) is 1. The Labute approximate surface area is 84.5 Å². The number of fused-ring (bicyclic) bond motifs is 1. The van der Waals surface area contributed by atoms with E-state index >= 15 is 0 Å². The molecule has 0 saturated carbocycles. The predicted molar refractivity (Wildman–Crippen MR) is 55.7 cm³/mol. The normalized spacial score (nSPS) is 17.1. The van der Waals surface area contributed by atoms with Gasteiger partial charge in [-0.15, -0.1) is 0 Å². The third kappa shape index (κ3) is 1.67. The Morgan fingerprint density at radius 3 is 2.86 bits per heavy atom. The zero-order valence-corrected chi connectivity index (χ0v) is 8.76. The van der Waals surface area contributed by atoms with Crippen LogP contribution in [0.5, 0.6) is 0 Å². The minimum absolute atomic E-state index is 0.0483. The first-order valence-electron chi connectivity index (χ1n) is 5.19. The molecule has 0 radical (unpaired) electrons. The Kier molecular flexibility index (Phi) is 2.55. The average Bonchev–Trinajstić information content (AvgIpc) is 2.18. The third-order valence-corrected chi connectivity index (χ3v) is 2.98. The van der Waals surface area contributed by atoms with Gasteiger partial charge in [-0.25, -0.2) is 4.39 Å². The molecule has 1 aliphatic rings. The van der Waals surface area contributed by atoms with Crippen molar-refractivity contribution in [1.82, 2.24) is 4.90 Å². The summed E-state index contributed by atoms with van der Waals surface area (Å²) in [4.78, 5) is 2.31. The molecule has 0 unspecified atom stereocenters. The van der Waals surface area contributed by atoms with Crippen molar-refractivity contribution < 1.29 is 4.39 Å². The molecular weight excluding hydrogens is 177 g/mol. The van der Waals surface area contributed by atoms with Crippen molar-refractivity contribution in [3.8, 4) is 0 Å². The zero-order valence-electron chi connectivity index (χ0n) is 8.76. The molecule has 0 amide bonds. The van der Waals surface area contributed by atoms with Crippen molar-refractivity contribution in [1.29, 1.82) is 0 Å². The van der Waals surface area contributed by atoms with Crippen LogP contribution in [0.4, 0.5) is 4.39 Å². The van der Waals surface area contributed by atoms with Crippen LogP contribution >= 0.6 is 0 Å².